The van der Waals surface area contributed by atoms with Gasteiger partial charge in [-0.2, -0.15) is 5.26 Å². The number of nitrogens with one attached hydrogen (secondary N) is 1. The molecule has 0 spiro atoms. The first-order valence-corrected chi connectivity index (χ1v) is 7.73. The molecule has 116 valence electrons. The predicted octanol–water partition coefficient (Wildman–Crippen LogP) is 4.60. The zero-order chi connectivity index (χ0) is 16.4. The molecule has 5 heteroatoms. The largest absolute Gasteiger partial charge is 0.461 e. The van der Waals surface area contributed by atoms with Crippen LogP contribution in [0.15, 0.2) is 46.4 Å². The van der Waals surface area contributed by atoms with Gasteiger partial charge in [0.1, 0.15) is 23.2 Å². The van der Waals surface area contributed by atoms with Crippen molar-refractivity contribution in [1.29, 1.82) is 5.26 Å². The first-order chi connectivity index (χ1) is 11.1. The third kappa shape index (κ3) is 3.46. The number of anilines is 1. The van der Waals surface area contributed by atoms with Crippen molar-refractivity contribution in [3.8, 4) is 6.07 Å². The van der Waals surface area contributed by atoms with Gasteiger partial charge in [0, 0.05) is 12.0 Å². The normalized spacial score (nSPS) is 20.0. The van der Waals surface area contributed by atoms with Gasteiger partial charge in [-0.05, 0) is 36.6 Å². The van der Waals surface area contributed by atoms with Gasteiger partial charge < -0.3 is 9.73 Å². The summed E-state index contributed by atoms with van der Waals surface area (Å²) in [6, 6.07) is 12.4. The fourth-order valence-electron chi connectivity index (χ4n) is 2.41. The molecule has 0 bridgehead atoms. The summed E-state index contributed by atoms with van der Waals surface area (Å²) in [4.78, 5) is 12.2. The summed E-state index contributed by atoms with van der Waals surface area (Å²) in [6.45, 7) is 2.17. The Labute approximate surface area is 139 Å². The molecule has 1 amide bonds. The third-order valence-electron chi connectivity index (χ3n) is 3.90. The van der Waals surface area contributed by atoms with Crippen molar-refractivity contribution < 1.29 is 9.21 Å². The Hall–Kier alpha value is -2.51. The highest BCUT2D eigenvalue weighted by Gasteiger charge is 2.36. The maximum atomic E-state index is 12.2. The maximum Gasteiger partial charge on any atom is 0.266 e. The van der Waals surface area contributed by atoms with Crippen LogP contribution in [-0.4, -0.2) is 5.91 Å². The Morgan fingerprint density at radius 2 is 2.13 bits per heavy atom. The summed E-state index contributed by atoms with van der Waals surface area (Å²) in [5, 5.41) is 12.3. The maximum absolute atomic E-state index is 12.2. The lowest BCUT2D eigenvalue weighted by Crippen LogP contribution is -2.13. The number of benzene rings is 1. The fourth-order valence-corrected chi connectivity index (χ4v) is 2.59. The quantitative estimate of drug-likeness (QED) is 0.659. The van der Waals surface area contributed by atoms with Gasteiger partial charge in [-0.25, -0.2) is 0 Å². The molecule has 2 atom stereocenters. The van der Waals surface area contributed by atoms with Crippen LogP contribution >= 0.6 is 11.6 Å². The first kappa shape index (κ1) is 15.4. The second-order valence-corrected chi connectivity index (χ2v) is 6.07. The Balaban J connectivity index is 1.76. The van der Waals surface area contributed by atoms with E-state index in [1.807, 2.05) is 12.1 Å². The van der Waals surface area contributed by atoms with E-state index >= 15 is 0 Å². The van der Waals surface area contributed by atoms with Crippen LogP contribution in [0.1, 0.15) is 30.8 Å². The SMILES string of the molecule is C[C@H]1C[C@@H]1c1ccc(/C=C(\C#N)C(=O)Nc2ccccc2Cl)o1. The second kappa shape index (κ2) is 6.31. The number of carbonyl (C=O) groups is 1. The number of carbonyl (C=O) groups excluding carboxylic acids is 1. The number of halogens is 1. The molecule has 1 aromatic heterocycles. The van der Waals surface area contributed by atoms with E-state index in [4.69, 9.17) is 16.0 Å². The lowest BCUT2D eigenvalue weighted by Gasteiger charge is -2.05. The van der Waals surface area contributed by atoms with Gasteiger partial charge in [0.2, 0.25) is 0 Å². The molecule has 1 aromatic carbocycles. The van der Waals surface area contributed by atoms with Crippen LogP contribution in [0.4, 0.5) is 5.69 Å². The molecule has 1 aliphatic rings. The van der Waals surface area contributed by atoms with Crippen molar-refractivity contribution in [1.82, 2.24) is 0 Å². The van der Waals surface area contributed by atoms with Crippen molar-refractivity contribution in [2.24, 2.45) is 5.92 Å². The minimum absolute atomic E-state index is 0.0327. The number of hydrogen-bond acceptors (Lipinski definition) is 3. The van der Waals surface area contributed by atoms with E-state index < -0.39 is 5.91 Å². The minimum Gasteiger partial charge on any atom is -0.461 e. The summed E-state index contributed by atoms with van der Waals surface area (Å²) in [6.07, 6.45) is 2.57. The van der Waals surface area contributed by atoms with E-state index in [1.165, 1.54) is 6.08 Å². The monoisotopic (exact) mass is 326 g/mol. The molecule has 1 fully saturated rings. The smallest absolute Gasteiger partial charge is 0.266 e. The molecule has 23 heavy (non-hydrogen) atoms. The Bertz CT molecular complexity index is 816. The first-order valence-electron chi connectivity index (χ1n) is 7.36. The van der Waals surface area contributed by atoms with Gasteiger partial charge in [0.25, 0.3) is 5.91 Å². The van der Waals surface area contributed by atoms with Gasteiger partial charge in [-0.1, -0.05) is 30.7 Å². The molecule has 0 radical (unpaired) electrons. The highest BCUT2D eigenvalue weighted by Crippen LogP contribution is 2.47. The molecule has 0 saturated heterocycles. The topological polar surface area (TPSA) is 66.0 Å². The number of nitriles is 1. The Kier molecular flexibility index (Phi) is 4.22. The predicted molar refractivity (Wildman–Crippen MR) is 88.9 cm³/mol. The molecule has 4 nitrogen and oxygen atoms in total. The molecular weight excluding hydrogens is 312 g/mol. The number of amides is 1. The summed E-state index contributed by atoms with van der Waals surface area (Å²) >= 11 is 6.00. The summed E-state index contributed by atoms with van der Waals surface area (Å²) in [7, 11) is 0. The average Bonchev–Trinajstić information content (AvgIpc) is 3.09. The molecule has 3 rings (SSSR count). The zero-order valence-corrected chi connectivity index (χ0v) is 13.3. The summed E-state index contributed by atoms with van der Waals surface area (Å²) in [5.41, 5.74) is 0.432. The van der Waals surface area contributed by atoms with Crippen molar-refractivity contribution in [3.05, 3.63) is 58.5 Å². The zero-order valence-electron chi connectivity index (χ0n) is 12.5. The van der Waals surface area contributed by atoms with Crippen LogP contribution in [-0.2, 0) is 4.79 Å². The van der Waals surface area contributed by atoms with Gasteiger partial charge in [0.15, 0.2) is 0 Å². The van der Waals surface area contributed by atoms with Gasteiger partial charge in [-0.15, -0.1) is 0 Å². The van der Waals surface area contributed by atoms with Crippen LogP contribution < -0.4 is 5.32 Å². The molecule has 0 aliphatic heterocycles. The van der Waals surface area contributed by atoms with E-state index in [1.54, 1.807) is 30.3 Å². The standard InChI is InChI=1S/C18H15ClN2O2/c1-11-8-14(11)17-7-6-13(23-17)9-12(10-20)18(22)21-16-5-3-2-4-15(16)19/h2-7,9,11,14H,8H2,1H3,(H,21,22)/b12-9+/t11-,14-/m0/s1. The average molecular weight is 327 g/mol. The fraction of sp³-hybridized carbons (Fsp3) is 0.222. The lowest BCUT2D eigenvalue weighted by molar-refractivity contribution is -0.112. The second-order valence-electron chi connectivity index (χ2n) is 5.66. The third-order valence-corrected chi connectivity index (χ3v) is 4.23. The Morgan fingerprint density at radius 1 is 1.39 bits per heavy atom. The van der Waals surface area contributed by atoms with Crippen molar-refractivity contribution >= 4 is 29.3 Å². The molecule has 1 aliphatic carbocycles. The number of hydrogen-bond donors (Lipinski definition) is 1. The van der Waals surface area contributed by atoms with Gasteiger partial charge in [-0.3, -0.25) is 4.79 Å². The van der Waals surface area contributed by atoms with E-state index in [-0.39, 0.29) is 5.57 Å². The van der Waals surface area contributed by atoms with Gasteiger partial charge in [0.05, 0.1) is 10.7 Å². The molecule has 1 saturated carbocycles. The molecule has 2 aromatic rings. The molecule has 0 unspecified atom stereocenters. The van der Waals surface area contributed by atoms with Crippen molar-refractivity contribution in [3.63, 3.8) is 0 Å². The van der Waals surface area contributed by atoms with Gasteiger partial charge >= 0.3 is 0 Å². The molecular formula is C18H15ClN2O2. The van der Waals surface area contributed by atoms with Crippen LogP contribution in [0.25, 0.3) is 6.08 Å². The number of furan rings is 1. The van der Waals surface area contributed by atoms with Crippen LogP contribution in [0, 0.1) is 17.2 Å². The van der Waals surface area contributed by atoms with E-state index in [0.29, 0.717) is 28.3 Å². The van der Waals surface area contributed by atoms with Crippen LogP contribution in [0.2, 0.25) is 5.02 Å². The highest BCUT2D eigenvalue weighted by molar-refractivity contribution is 6.34. The highest BCUT2D eigenvalue weighted by atomic mass is 35.5. The minimum atomic E-state index is -0.515. The van der Waals surface area contributed by atoms with Crippen molar-refractivity contribution in [2.75, 3.05) is 5.32 Å². The van der Waals surface area contributed by atoms with E-state index in [0.717, 1.165) is 12.2 Å². The Morgan fingerprint density at radius 3 is 2.78 bits per heavy atom. The number of para-hydroxylation sites is 1. The van der Waals surface area contributed by atoms with Crippen molar-refractivity contribution in [2.45, 2.75) is 19.3 Å². The number of rotatable bonds is 4. The lowest BCUT2D eigenvalue weighted by atomic mass is 10.2. The van der Waals surface area contributed by atoms with E-state index in [9.17, 15) is 10.1 Å². The van der Waals surface area contributed by atoms with Crippen LogP contribution in [0.5, 0.6) is 0 Å². The number of nitrogens with zero attached hydrogens (tertiary/aromatic N) is 1. The summed E-state index contributed by atoms with van der Waals surface area (Å²) < 4.78 is 5.70. The van der Waals surface area contributed by atoms with Crippen LogP contribution in [0.3, 0.4) is 0 Å². The molecule has 1 N–H and O–H groups in total. The molecule has 1 heterocycles. The van der Waals surface area contributed by atoms with E-state index in [2.05, 4.69) is 12.2 Å². The summed E-state index contributed by atoms with van der Waals surface area (Å²) in [5.74, 6) is 1.99.